The van der Waals surface area contributed by atoms with E-state index >= 15 is 0 Å². The van der Waals surface area contributed by atoms with Crippen LogP contribution in [0.4, 0.5) is 5.69 Å². The van der Waals surface area contributed by atoms with Gasteiger partial charge in [0.25, 0.3) is 5.91 Å². The van der Waals surface area contributed by atoms with Gasteiger partial charge in [0.15, 0.2) is 5.75 Å². The van der Waals surface area contributed by atoms with Crippen molar-refractivity contribution < 1.29 is 15.1 Å². The number of anilines is 1. The largest absolute Gasteiger partial charge is 0.505 e. The molecular formula is C10H12N2O3. The van der Waals surface area contributed by atoms with Crippen LogP contribution in [0.2, 0.25) is 0 Å². The zero-order valence-corrected chi connectivity index (χ0v) is 8.05. The number of nitrogens with zero attached hydrogens (tertiary/aromatic N) is 1. The predicted octanol–water partition coefficient (Wildman–Crippen LogP) is 0.968. The predicted molar refractivity (Wildman–Crippen MR) is 53.5 cm³/mol. The van der Waals surface area contributed by atoms with Crippen LogP contribution in [0.25, 0.3) is 0 Å². The Bertz CT molecular complexity index is 402. The van der Waals surface area contributed by atoms with Gasteiger partial charge in [-0.05, 0) is 25.0 Å². The Morgan fingerprint density at radius 2 is 2.13 bits per heavy atom. The number of hydrogen-bond donors (Lipinski definition) is 3. The molecule has 2 rings (SSSR count). The SMILES string of the molecule is Nc1cccc(C(=O)N(O)C2CC2)c1O. The van der Waals surface area contributed by atoms with E-state index in [1.807, 2.05) is 0 Å². The molecule has 0 atom stereocenters. The summed E-state index contributed by atoms with van der Waals surface area (Å²) < 4.78 is 0. The summed E-state index contributed by atoms with van der Waals surface area (Å²) in [6.45, 7) is 0. The van der Waals surface area contributed by atoms with Gasteiger partial charge in [0.1, 0.15) is 0 Å². The lowest BCUT2D eigenvalue weighted by atomic mass is 10.1. The minimum absolute atomic E-state index is 0.0319. The maximum absolute atomic E-state index is 11.7. The molecule has 5 nitrogen and oxygen atoms in total. The van der Waals surface area contributed by atoms with Gasteiger partial charge in [-0.1, -0.05) is 6.07 Å². The Kier molecular flexibility index (Phi) is 2.24. The molecule has 15 heavy (non-hydrogen) atoms. The van der Waals surface area contributed by atoms with Crippen molar-refractivity contribution in [3.05, 3.63) is 23.8 Å². The van der Waals surface area contributed by atoms with Crippen LogP contribution in [0.3, 0.4) is 0 Å². The summed E-state index contributed by atoms with van der Waals surface area (Å²) in [5, 5.41) is 19.7. The number of para-hydroxylation sites is 1. The normalized spacial score (nSPS) is 15.0. The molecule has 0 spiro atoms. The second-order valence-corrected chi connectivity index (χ2v) is 3.62. The summed E-state index contributed by atoms with van der Waals surface area (Å²) in [7, 11) is 0. The summed E-state index contributed by atoms with van der Waals surface area (Å²) >= 11 is 0. The van der Waals surface area contributed by atoms with Crippen molar-refractivity contribution in [2.24, 2.45) is 0 Å². The maximum Gasteiger partial charge on any atom is 0.281 e. The Balaban J connectivity index is 2.28. The molecule has 1 fully saturated rings. The number of amides is 1. The van der Waals surface area contributed by atoms with Crippen molar-refractivity contribution in [2.45, 2.75) is 18.9 Å². The molecule has 1 aromatic carbocycles. The van der Waals surface area contributed by atoms with Gasteiger partial charge < -0.3 is 10.8 Å². The highest BCUT2D eigenvalue weighted by molar-refractivity contribution is 5.98. The topological polar surface area (TPSA) is 86.8 Å². The van der Waals surface area contributed by atoms with Crippen LogP contribution in [-0.4, -0.2) is 27.3 Å². The fraction of sp³-hybridized carbons (Fsp3) is 0.300. The van der Waals surface area contributed by atoms with Gasteiger partial charge in [0, 0.05) is 0 Å². The van der Waals surface area contributed by atoms with Crippen molar-refractivity contribution in [1.82, 2.24) is 5.06 Å². The van der Waals surface area contributed by atoms with Gasteiger partial charge >= 0.3 is 0 Å². The average molecular weight is 208 g/mol. The minimum atomic E-state index is -0.609. The number of carbonyl (C=O) groups is 1. The van der Waals surface area contributed by atoms with Crippen molar-refractivity contribution >= 4 is 11.6 Å². The summed E-state index contributed by atoms with van der Waals surface area (Å²) in [4.78, 5) is 11.7. The van der Waals surface area contributed by atoms with E-state index in [0.717, 1.165) is 12.8 Å². The first-order chi connectivity index (χ1) is 7.11. The number of hydroxylamine groups is 2. The number of nitrogens with two attached hydrogens (primary N) is 1. The Hall–Kier alpha value is -1.75. The van der Waals surface area contributed by atoms with E-state index in [9.17, 15) is 15.1 Å². The summed E-state index contributed by atoms with van der Waals surface area (Å²) in [6, 6.07) is 4.37. The number of rotatable bonds is 2. The van der Waals surface area contributed by atoms with Crippen LogP contribution in [0.1, 0.15) is 23.2 Å². The molecule has 80 valence electrons. The minimum Gasteiger partial charge on any atom is -0.505 e. The number of nitrogen functional groups attached to an aromatic ring is 1. The first-order valence-electron chi connectivity index (χ1n) is 4.71. The number of phenolic OH excluding ortho intramolecular Hbond substituents is 1. The van der Waals surface area contributed by atoms with Gasteiger partial charge in [0.2, 0.25) is 0 Å². The standard InChI is InChI=1S/C10H12N2O3/c11-8-3-1-2-7(9(8)13)10(14)12(15)6-4-5-6/h1-3,6,13,15H,4-5,11H2. The number of aromatic hydroxyl groups is 1. The third-order valence-corrected chi connectivity index (χ3v) is 2.40. The van der Waals surface area contributed by atoms with E-state index in [4.69, 9.17) is 5.73 Å². The zero-order chi connectivity index (χ0) is 11.0. The number of benzene rings is 1. The maximum atomic E-state index is 11.7. The van der Waals surface area contributed by atoms with Crippen molar-refractivity contribution in [3.63, 3.8) is 0 Å². The van der Waals surface area contributed by atoms with E-state index in [-0.39, 0.29) is 23.0 Å². The first kappa shape index (κ1) is 9.79. The number of carbonyl (C=O) groups excluding carboxylic acids is 1. The molecule has 0 saturated heterocycles. The quantitative estimate of drug-likeness (QED) is 0.292. The lowest BCUT2D eigenvalue weighted by Crippen LogP contribution is -2.29. The molecule has 1 aliphatic carbocycles. The summed E-state index contributed by atoms with van der Waals surface area (Å²) in [5.41, 5.74) is 5.61. The van der Waals surface area contributed by atoms with E-state index in [0.29, 0.717) is 5.06 Å². The Morgan fingerprint density at radius 3 is 2.73 bits per heavy atom. The highest BCUT2D eigenvalue weighted by atomic mass is 16.5. The van der Waals surface area contributed by atoms with Crippen LogP contribution in [0.15, 0.2) is 18.2 Å². The Morgan fingerprint density at radius 1 is 1.47 bits per heavy atom. The Labute approximate surface area is 86.7 Å². The molecule has 0 aromatic heterocycles. The molecule has 0 aliphatic heterocycles. The van der Waals surface area contributed by atoms with Crippen molar-refractivity contribution in [3.8, 4) is 5.75 Å². The molecule has 1 amide bonds. The smallest absolute Gasteiger partial charge is 0.281 e. The van der Waals surface area contributed by atoms with E-state index < -0.39 is 5.91 Å². The van der Waals surface area contributed by atoms with Crippen LogP contribution in [0.5, 0.6) is 5.75 Å². The molecule has 1 aliphatic rings. The second-order valence-electron chi connectivity index (χ2n) is 3.62. The third kappa shape index (κ3) is 1.73. The molecule has 1 aromatic rings. The molecule has 0 bridgehead atoms. The van der Waals surface area contributed by atoms with Crippen molar-refractivity contribution in [1.29, 1.82) is 0 Å². The van der Waals surface area contributed by atoms with Crippen LogP contribution in [-0.2, 0) is 0 Å². The summed E-state index contributed by atoms with van der Waals surface area (Å²) in [6.07, 6.45) is 1.59. The van der Waals surface area contributed by atoms with E-state index in [1.165, 1.54) is 12.1 Å². The van der Waals surface area contributed by atoms with Gasteiger partial charge in [0.05, 0.1) is 17.3 Å². The second kappa shape index (κ2) is 3.43. The van der Waals surface area contributed by atoms with Gasteiger partial charge in [-0.15, -0.1) is 0 Å². The highest BCUT2D eigenvalue weighted by Crippen LogP contribution is 2.30. The third-order valence-electron chi connectivity index (χ3n) is 2.40. The molecule has 0 unspecified atom stereocenters. The van der Waals surface area contributed by atoms with Crippen LogP contribution >= 0.6 is 0 Å². The monoisotopic (exact) mass is 208 g/mol. The van der Waals surface area contributed by atoms with E-state index in [1.54, 1.807) is 6.07 Å². The molecule has 0 radical (unpaired) electrons. The molecule has 4 N–H and O–H groups in total. The number of hydrogen-bond acceptors (Lipinski definition) is 4. The average Bonchev–Trinajstić information content (AvgIpc) is 3.03. The van der Waals surface area contributed by atoms with Gasteiger partial charge in [-0.2, -0.15) is 0 Å². The highest BCUT2D eigenvalue weighted by Gasteiger charge is 2.33. The molecule has 0 heterocycles. The molecular weight excluding hydrogens is 196 g/mol. The van der Waals surface area contributed by atoms with Crippen molar-refractivity contribution in [2.75, 3.05) is 5.73 Å². The lowest BCUT2D eigenvalue weighted by Gasteiger charge is -2.14. The fourth-order valence-corrected chi connectivity index (χ4v) is 1.34. The first-order valence-corrected chi connectivity index (χ1v) is 4.71. The van der Waals surface area contributed by atoms with Gasteiger partial charge in [-0.25, -0.2) is 5.06 Å². The summed E-state index contributed by atoms with van der Waals surface area (Å²) in [5.74, 6) is -0.885. The van der Waals surface area contributed by atoms with E-state index in [2.05, 4.69) is 0 Å². The zero-order valence-electron chi connectivity index (χ0n) is 8.05. The number of phenols is 1. The molecule has 1 saturated carbocycles. The molecule has 5 heteroatoms. The van der Waals surface area contributed by atoms with Gasteiger partial charge in [-0.3, -0.25) is 10.0 Å². The van der Waals surface area contributed by atoms with Crippen LogP contribution in [0, 0.1) is 0 Å². The van der Waals surface area contributed by atoms with Crippen LogP contribution < -0.4 is 5.73 Å². The lowest BCUT2D eigenvalue weighted by molar-refractivity contribution is -0.0649. The fourth-order valence-electron chi connectivity index (χ4n) is 1.34.